The van der Waals surface area contributed by atoms with Crippen LogP contribution in [0.5, 0.6) is 0 Å². The Morgan fingerprint density at radius 3 is 2.14 bits per heavy atom. The van der Waals surface area contributed by atoms with Crippen molar-refractivity contribution in [2.24, 2.45) is 5.73 Å². The Morgan fingerprint density at radius 1 is 1.05 bits per heavy atom. The number of anilines is 1. The van der Waals surface area contributed by atoms with Gasteiger partial charge in [-0.05, 0) is 42.0 Å². The topological polar surface area (TPSA) is 63.4 Å². The molecular weight excluding hydrogens is 332 g/mol. The van der Waals surface area contributed by atoms with Gasteiger partial charge in [-0.25, -0.2) is 0 Å². The maximum absolute atomic E-state index is 12.2. The van der Waals surface area contributed by atoms with Crippen molar-refractivity contribution >= 4 is 33.4 Å². The van der Waals surface area contributed by atoms with Gasteiger partial charge in [0.1, 0.15) is 0 Å². The van der Waals surface area contributed by atoms with Crippen LogP contribution in [0.4, 0.5) is 5.69 Å². The first-order valence-corrected chi connectivity index (χ1v) is 7.17. The molecule has 0 unspecified atom stereocenters. The van der Waals surface area contributed by atoms with Crippen LogP contribution in [-0.4, -0.2) is 18.9 Å². The normalized spacial score (nSPS) is 10.2. The quantitative estimate of drug-likeness (QED) is 0.924. The highest BCUT2D eigenvalue weighted by Crippen LogP contribution is 2.16. The lowest BCUT2D eigenvalue weighted by molar-refractivity contribution is -0.117. The van der Waals surface area contributed by atoms with Gasteiger partial charge in [0.25, 0.3) is 0 Å². The Kier molecular flexibility index (Phi) is 4.75. The lowest BCUT2D eigenvalue weighted by Gasteiger charge is -2.17. The summed E-state index contributed by atoms with van der Waals surface area (Å²) in [6.45, 7) is 0. The number of hydrogen-bond donors (Lipinski definition) is 1. The van der Waals surface area contributed by atoms with E-state index in [1.165, 1.54) is 0 Å². The predicted octanol–water partition coefficient (Wildman–Crippen LogP) is 2.75. The average molecular weight is 347 g/mol. The van der Waals surface area contributed by atoms with Crippen molar-refractivity contribution in [1.29, 1.82) is 0 Å². The Balaban J connectivity index is 2.08. The zero-order valence-electron chi connectivity index (χ0n) is 11.5. The monoisotopic (exact) mass is 346 g/mol. The highest BCUT2D eigenvalue weighted by molar-refractivity contribution is 9.10. The van der Waals surface area contributed by atoms with Gasteiger partial charge < -0.3 is 10.6 Å². The lowest BCUT2D eigenvalue weighted by atomic mass is 10.1. The molecule has 0 saturated carbocycles. The van der Waals surface area contributed by atoms with E-state index in [4.69, 9.17) is 5.73 Å². The molecule has 0 aromatic heterocycles. The van der Waals surface area contributed by atoms with Crippen LogP contribution in [0.3, 0.4) is 0 Å². The summed E-state index contributed by atoms with van der Waals surface area (Å²) in [5, 5.41) is 0. The third kappa shape index (κ3) is 3.92. The number of carbonyl (C=O) groups is 2. The number of primary amides is 1. The molecule has 5 heteroatoms. The molecule has 0 saturated heterocycles. The Bertz CT molecular complexity index is 651. The number of hydrogen-bond acceptors (Lipinski definition) is 2. The van der Waals surface area contributed by atoms with E-state index in [1.54, 1.807) is 36.2 Å². The van der Waals surface area contributed by atoms with Crippen molar-refractivity contribution in [2.45, 2.75) is 6.42 Å². The summed E-state index contributed by atoms with van der Waals surface area (Å²) >= 11 is 3.36. The molecule has 2 rings (SSSR count). The summed E-state index contributed by atoms with van der Waals surface area (Å²) in [4.78, 5) is 24.8. The number of halogens is 1. The number of nitrogens with zero attached hydrogens (tertiary/aromatic N) is 1. The molecule has 0 atom stereocenters. The summed E-state index contributed by atoms with van der Waals surface area (Å²) in [5.74, 6) is -0.505. The smallest absolute Gasteiger partial charge is 0.248 e. The second-order valence-electron chi connectivity index (χ2n) is 4.67. The van der Waals surface area contributed by atoms with Crippen LogP contribution in [-0.2, 0) is 11.2 Å². The SMILES string of the molecule is CN(C(=O)Cc1ccc(Br)cc1)c1ccc(C(N)=O)cc1. The van der Waals surface area contributed by atoms with E-state index in [1.807, 2.05) is 24.3 Å². The van der Waals surface area contributed by atoms with Crippen molar-refractivity contribution < 1.29 is 9.59 Å². The zero-order chi connectivity index (χ0) is 15.4. The van der Waals surface area contributed by atoms with Crippen molar-refractivity contribution in [3.05, 3.63) is 64.1 Å². The molecule has 0 spiro atoms. The summed E-state index contributed by atoms with van der Waals surface area (Å²) in [5.41, 5.74) is 7.29. The van der Waals surface area contributed by atoms with Crippen molar-refractivity contribution in [2.75, 3.05) is 11.9 Å². The first-order chi connectivity index (χ1) is 9.97. The maximum atomic E-state index is 12.2. The minimum Gasteiger partial charge on any atom is -0.366 e. The molecule has 2 aromatic rings. The number of carbonyl (C=O) groups excluding carboxylic acids is 2. The molecule has 2 N–H and O–H groups in total. The fraction of sp³-hybridized carbons (Fsp3) is 0.125. The Hall–Kier alpha value is -2.14. The summed E-state index contributed by atoms with van der Waals surface area (Å²) in [6.07, 6.45) is 0.321. The van der Waals surface area contributed by atoms with E-state index in [9.17, 15) is 9.59 Å². The molecule has 0 aliphatic rings. The summed E-state index contributed by atoms with van der Waals surface area (Å²) in [6, 6.07) is 14.3. The molecule has 2 aromatic carbocycles. The van der Waals surface area contributed by atoms with E-state index >= 15 is 0 Å². The van der Waals surface area contributed by atoms with Crippen LogP contribution < -0.4 is 10.6 Å². The average Bonchev–Trinajstić information content (AvgIpc) is 2.49. The van der Waals surface area contributed by atoms with Crippen molar-refractivity contribution in [1.82, 2.24) is 0 Å². The summed E-state index contributed by atoms with van der Waals surface area (Å²) < 4.78 is 0.981. The molecule has 4 nitrogen and oxygen atoms in total. The number of nitrogens with two attached hydrogens (primary N) is 1. The van der Waals surface area contributed by atoms with Gasteiger partial charge in [-0.1, -0.05) is 28.1 Å². The third-order valence-corrected chi connectivity index (χ3v) is 3.71. The van der Waals surface area contributed by atoms with Crippen LogP contribution in [0.25, 0.3) is 0 Å². The van der Waals surface area contributed by atoms with E-state index in [-0.39, 0.29) is 5.91 Å². The van der Waals surface area contributed by atoms with Gasteiger partial charge in [0.05, 0.1) is 6.42 Å². The van der Waals surface area contributed by atoms with E-state index < -0.39 is 5.91 Å². The predicted molar refractivity (Wildman–Crippen MR) is 86.2 cm³/mol. The molecule has 2 amide bonds. The maximum Gasteiger partial charge on any atom is 0.248 e. The molecule has 0 heterocycles. The van der Waals surface area contributed by atoms with E-state index in [0.29, 0.717) is 12.0 Å². The molecule has 0 aliphatic carbocycles. The molecule has 0 aliphatic heterocycles. The van der Waals surface area contributed by atoms with Crippen molar-refractivity contribution in [3.63, 3.8) is 0 Å². The molecule has 0 radical (unpaired) electrons. The highest BCUT2D eigenvalue weighted by Gasteiger charge is 2.12. The van der Waals surface area contributed by atoms with Gasteiger partial charge in [-0.2, -0.15) is 0 Å². The fourth-order valence-electron chi connectivity index (χ4n) is 1.89. The molecule has 0 bridgehead atoms. The Labute approximate surface area is 131 Å². The van der Waals surface area contributed by atoms with Crippen LogP contribution in [0.15, 0.2) is 53.0 Å². The molecule has 0 fully saturated rings. The van der Waals surface area contributed by atoms with Crippen LogP contribution >= 0.6 is 15.9 Å². The summed E-state index contributed by atoms with van der Waals surface area (Å²) in [7, 11) is 1.71. The number of rotatable bonds is 4. The zero-order valence-corrected chi connectivity index (χ0v) is 13.1. The van der Waals surface area contributed by atoms with Gasteiger partial charge in [-0.15, -0.1) is 0 Å². The van der Waals surface area contributed by atoms with Crippen LogP contribution in [0, 0.1) is 0 Å². The second-order valence-corrected chi connectivity index (χ2v) is 5.58. The number of likely N-dealkylation sites (N-methyl/N-ethyl adjacent to an activating group) is 1. The van der Waals surface area contributed by atoms with Crippen LogP contribution in [0.2, 0.25) is 0 Å². The molecule has 21 heavy (non-hydrogen) atoms. The third-order valence-electron chi connectivity index (χ3n) is 3.18. The minimum atomic E-state index is -0.481. The van der Waals surface area contributed by atoms with Gasteiger partial charge in [0, 0.05) is 22.8 Å². The lowest BCUT2D eigenvalue weighted by Crippen LogP contribution is -2.27. The fourth-order valence-corrected chi connectivity index (χ4v) is 2.15. The van der Waals surface area contributed by atoms with E-state index in [0.717, 1.165) is 15.7 Å². The first kappa shape index (κ1) is 15.3. The molecular formula is C16H15BrN2O2. The number of amides is 2. The van der Waals surface area contributed by atoms with Crippen LogP contribution in [0.1, 0.15) is 15.9 Å². The Morgan fingerprint density at radius 2 is 1.62 bits per heavy atom. The second kappa shape index (κ2) is 6.54. The van der Waals surface area contributed by atoms with Gasteiger partial charge in [-0.3, -0.25) is 9.59 Å². The highest BCUT2D eigenvalue weighted by atomic mass is 79.9. The first-order valence-electron chi connectivity index (χ1n) is 6.38. The molecule has 108 valence electrons. The van der Waals surface area contributed by atoms with Gasteiger partial charge in [0.2, 0.25) is 11.8 Å². The largest absolute Gasteiger partial charge is 0.366 e. The van der Waals surface area contributed by atoms with Gasteiger partial charge >= 0.3 is 0 Å². The van der Waals surface area contributed by atoms with Gasteiger partial charge in [0.15, 0.2) is 0 Å². The number of benzene rings is 2. The van der Waals surface area contributed by atoms with E-state index in [2.05, 4.69) is 15.9 Å². The minimum absolute atomic E-state index is 0.0239. The van der Waals surface area contributed by atoms with Crippen molar-refractivity contribution in [3.8, 4) is 0 Å². The standard InChI is InChI=1S/C16H15BrN2O2/c1-19(14-8-4-12(5-9-14)16(18)21)15(20)10-11-2-6-13(17)7-3-11/h2-9H,10H2,1H3,(H2,18,21).